The first kappa shape index (κ1) is 51.3. The summed E-state index contributed by atoms with van der Waals surface area (Å²) in [5.74, 6) is -3.76. The minimum atomic E-state index is -1.34. The van der Waals surface area contributed by atoms with Gasteiger partial charge in [-0.3, -0.25) is 24.0 Å². The highest BCUT2D eigenvalue weighted by Gasteiger charge is 2.42. The van der Waals surface area contributed by atoms with Crippen LogP contribution in [0.2, 0.25) is 0 Å². The summed E-state index contributed by atoms with van der Waals surface area (Å²) in [5, 5.41) is 19.2. The Hall–Kier alpha value is -4.87. The Morgan fingerprint density at radius 1 is 0.883 bits per heavy atom. The second-order valence-electron chi connectivity index (χ2n) is 17.4. The number of aliphatic hydroxyl groups excluding tert-OH is 1. The second kappa shape index (κ2) is 24.4. The molecule has 1 aromatic heterocycles. The largest absolute Gasteiger partial charge is 0.469 e. The number of nitrogens with one attached hydrogen (secondary N) is 4. The number of ether oxygens (including phenoxy) is 2. The fourth-order valence-corrected chi connectivity index (χ4v) is 6.65. The van der Waals surface area contributed by atoms with Crippen molar-refractivity contribution in [3.8, 4) is 0 Å². The molecule has 0 fully saturated rings. The maximum atomic E-state index is 14.8. The van der Waals surface area contributed by atoms with E-state index in [1.165, 1.54) is 19.6 Å². The van der Waals surface area contributed by atoms with Gasteiger partial charge in [-0.25, -0.2) is 14.7 Å². The molecule has 0 radical (unpaired) electrons. The maximum Gasteiger partial charge on any atom is 0.417 e. The molecule has 2 unspecified atom stereocenters. The molecule has 0 saturated carbocycles. The minimum absolute atomic E-state index is 0.0455. The number of hydrogen-bond acceptors (Lipinski definition) is 12. The molecule has 0 aliphatic carbocycles. The lowest BCUT2D eigenvalue weighted by molar-refractivity contribution is -0.144. The summed E-state index contributed by atoms with van der Waals surface area (Å²) in [6.07, 6.45) is 1.00. The highest BCUT2D eigenvalue weighted by molar-refractivity contribution is 5.98. The van der Waals surface area contributed by atoms with Crippen molar-refractivity contribution in [3.63, 3.8) is 0 Å². The van der Waals surface area contributed by atoms with E-state index in [-0.39, 0.29) is 43.4 Å². The lowest BCUT2D eigenvalue weighted by atomic mass is 9.92. The third-order valence-corrected chi connectivity index (χ3v) is 9.95. The van der Waals surface area contributed by atoms with E-state index in [4.69, 9.17) is 20.9 Å². The molecule has 0 spiro atoms. The fraction of sp³-hybridized carbons (Fsp3) is 0.651. The van der Waals surface area contributed by atoms with Gasteiger partial charge in [0.15, 0.2) is 0 Å². The lowest BCUT2D eigenvalue weighted by Crippen LogP contribution is -2.62. The highest BCUT2D eigenvalue weighted by atomic mass is 16.6. The van der Waals surface area contributed by atoms with Crippen LogP contribution in [0.1, 0.15) is 106 Å². The number of nitrogens with zero attached hydrogens (tertiary/aromatic N) is 2. The van der Waals surface area contributed by atoms with Crippen LogP contribution in [0.3, 0.4) is 0 Å². The van der Waals surface area contributed by atoms with Gasteiger partial charge in [-0.05, 0) is 63.4 Å². The highest BCUT2D eigenvalue weighted by Crippen LogP contribution is 2.23. The number of esters is 1. The van der Waals surface area contributed by atoms with E-state index in [1.807, 2.05) is 65.0 Å². The van der Waals surface area contributed by atoms with Gasteiger partial charge in [-0.1, -0.05) is 78.3 Å². The van der Waals surface area contributed by atoms with E-state index in [1.54, 1.807) is 27.7 Å². The number of hydrogen-bond donors (Lipinski definition) is 7. The molecule has 17 heteroatoms. The van der Waals surface area contributed by atoms with Crippen molar-refractivity contribution in [1.82, 2.24) is 30.8 Å². The number of carbonyl (C=O) groups excluding carboxylic acids is 6. The number of aliphatic hydroxyl groups is 1. The van der Waals surface area contributed by atoms with Crippen molar-refractivity contribution in [3.05, 3.63) is 54.1 Å². The Morgan fingerprint density at radius 2 is 1.52 bits per heavy atom. The summed E-state index contributed by atoms with van der Waals surface area (Å²) < 4.78 is 10.5. The van der Waals surface area contributed by atoms with Crippen LogP contribution in [-0.2, 0) is 46.3 Å². The quantitative estimate of drug-likeness (QED) is 0.0797. The smallest absolute Gasteiger partial charge is 0.417 e. The van der Waals surface area contributed by atoms with E-state index >= 15 is 0 Å². The summed E-state index contributed by atoms with van der Waals surface area (Å²) in [4.78, 5) is 90.1. The van der Waals surface area contributed by atoms with Crippen molar-refractivity contribution in [2.45, 2.75) is 155 Å². The molecule has 5 amide bonds. The SMILES string of the molecule is CC[C@H](C)[C@H](NC(=O)CC(N)[C@H](CC(C)C)N(C(=O)OC(C)(C)C)C(=O)[C@H](Cc1cnc[nH]1)NC(=O)[C@@H](N)Cc1ccccc1)C(=O)NC(CC(C)C)[C@@H](O)CC(=O)OC. The van der Waals surface area contributed by atoms with Crippen LogP contribution in [0.5, 0.6) is 0 Å². The number of imidazole rings is 1. The van der Waals surface area contributed by atoms with Crippen LogP contribution in [0.25, 0.3) is 0 Å². The van der Waals surface area contributed by atoms with Gasteiger partial charge < -0.3 is 47.0 Å². The van der Waals surface area contributed by atoms with Crippen molar-refractivity contribution in [2.24, 2.45) is 29.2 Å². The molecule has 9 N–H and O–H groups in total. The molecule has 0 aliphatic rings. The van der Waals surface area contributed by atoms with Gasteiger partial charge in [-0.15, -0.1) is 0 Å². The monoisotopic (exact) mass is 843 g/mol. The Kier molecular flexibility index (Phi) is 20.9. The van der Waals surface area contributed by atoms with E-state index < -0.39 is 90.1 Å². The Morgan fingerprint density at radius 3 is 2.05 bits per heavy atom. The zero-order valence-electron chi connectivity index (χ0n) is 37.0. The summed E-state index contributed by atoms with van der Waals surface area (Å²) in [6, 6.07) is 2.63. The van der Waals surface area contributed by atoms with Crippen LogP contribution in [0.15, 0.2) is 42.9 Å². The Bertz CT molecular complexity index is 1670. The molecule has 1 aromatic carbocycles. The van der Waals surface area contributed by atoms with Gasteiger partial charge in [0.2, 0.25) is 17.7 Å². The van der Waals surface area contributed by atoms with E-state index in [9.17, 15) is 33.9 Å². The number of aromatic nitrogens is 2. The molecule has 8 atom stereocenters. The number of methoxy groups -OCH3 is 1. The average molecular weight is 843 g/mol. The standard InChI is InChI=1S/C43H70N8O9/c1-11-27(6)38(40(56)48-32(17-25(2)3)35(52)22-37(54)59-10)50-36(53)21-30(44)34(18-26(4)5)51(42(58)60-43(7,8)9)41(57)33(20-29-23-46-24-47-29)49-39(55)31(45)19-28-15-13-12-14-16-28/h12-16,23-27,30-35,38,52H,11,17-22,44-45H2,1-10H3,(H,46,47)(H,48,56)(H,49,55)(H,50,53)/t27-,30?,31-,32?,33-,34-,35-,38-/m0/s1. The summed E-state index contributed by atoms with van der Waals surface area (Å²) in [7, 11) is 1.21. The van der Waals surface area contributed by atoms with Crippen molar-refractivity contribution >= 4 is 35.7 Å². The molecule has 60 heavy (non-hydrogen) atoms. The molecule has 17 nitrogen and oxygen atoms in total. The summed E-state index contributed by atoms with van der Waals surface area (Å²) in [5.41, 5.74) is 13.4. The number of carbonyl (C=O) groups is 6. The molecular weight excluding hydrogens is 773 g/mol. The first-order chi connectivity index (χ1) is 28.1. The predicted octanol–water partition coefficient (Wildman–Crippen LogP) is 2.89. The van der Waals surface area contributed by atoms with Crippen LogP contribution >= 0.6 is 0 Å². The van der Waals surface area contributed by atoms with Crippen molar-refractivity contribution in [1.29, 1.82) is 0 Å². The van der Waals surface area contributed by atoms with Crippen LogP contribution < -0.4 is 27.4 Å². The lowest BCUT2D eigenvalue weighted by Gasteiger charge is -2.38. The first-order valence-electron chi connectivity index (χ1n) is 20.8. The maximum absolute atomic E-state index is 14.8. The van der Waals surface area contributed by atoms with Crippen molar-refractivity contribution < 1.29 is 43.3 Å². The Balaban J connectivity index is 2.49. The molecular formula is C43H70N8O9. The number of H-pyrrole nitrogens is 1. The molecule has 2 rings (SSSR count). The van der Waals surface area contributed by atoms with Crippen LogP contribution in [0.4, 0.5) is 4.79 Å². The van der Waals surface area contributed by atoms with Crippen LogP contribution in [-0.4, -0.2) is 111 Å². The molecule has 336 valence electrons. The van der Waals surface area contributed by atoms with Gasteiger partial charge >= 0.3 is 12.1 Å². The normalized spacial score (nSPS) is 15.7. The minimum Gasteiger partial charge on any atom is -0.469 e. The van der Waals surface area contributed by atoms with Gasteiger partial charge in [0.05, 0.1) is 44.1 Å². The fourth-order valence-electron chi connectivity index (χ4n) is 6.65. The number of aromatic amines is 1. The first-order valence-corrected chi connectivity index (χ1v) is 20.8. The number of imide groups is 1. The zero-order valence-corrected chi connectivity index (χ0v) is 37.0. The molecule has 2 aromatic rings. The number of nitrogens with two attached hydrogens (primary N) is 2. The Labute approximate surface area is 354 Å². The van der Waals surface area contributed by atoms with Crippen molar-refractivity contribution in [2.75, 3.05) is 7.11 Å². The van der Waals surface area contributed by atoms with E-state index in [2.05, 4.69) is 25.9 Å². The van der Waals surface area contributed by atoms with Gasteiger partial charge in [-0.2, -0.15) is 0 Å². The topological polar surface area (TPSA) is 261 Å². The second-order valence-corrected chi connectivity index (χ2v) is 17.4. The summed E-state index contributed by atoms with van der Waals surface area (Å²) >= 11 is 0. The molecule has 0 aliphatic heterocycles. The van der Waals surface area contributed by atoms with Gasteiger partial charge in [0.1, 0.15) is 17.7 Å². The van der Waals surface area contributed by atoms with E-state index in [0.717, 1.165) is 10.5 Å². The number of rotatable bonds is 23. The number of amides is 5. The predicted molar refractivity (Wildman–Crippen MR) is 227 cm³/mol. The molecule has 1 heterocycles. The molecule has 0 saturated heterocycles. The third kappa shape index (κ3) is 17.4. The average Bonchev–Trinajstić information content (AvgIpc) is 3.68. The third-order valence-electron chi connectivity index (χ3n) is 9.95. The number of benzene rings is 1. The van der Waals surface area contributed by atoms with Crippen LogP contribution in [0, 0.1) is 17.8 Å². The van der Waals surface area contributed by atoms with Gasteiger partial charge in [0.25, 0.3) is 5.91 Å². The zero-order chi connectivity index (χ0) is 45.3. The molecule has 0 bridgehead atoms. The summed E-state index contributed by atoms with van der Waals surface area (Å²) in [6.45, 7) is 16.1. The van der Waals surface area contributed by atoms with E-state index in [0.29, 0.717) is 18.5 Å². The van der Waals surface area contributed by atoms with Gasteiger partial charge in [0, 0.05) is 30.8 Å².